The van der Waals surface area contributed by atoms with Crippen molar-refractivity contribution in [3.8, 4) is 0 Å². The Balaban J connectivity index is 1.47. The third kappa shape index (κ3) is 2.87. The van der Waals surface area contributed by atoms with Crippen LogP contribution in [-0.4, -0.2) is 58.2 Å². The number of nitrogens with zero attached hydrogens (tertiary/aromatic N) is 4. The van der Waals surface area contributed by atoms with Gasteiger partial charge >= 0.3 is 0 Å². The number of hydrogen-bond donors (Lipinski definition) is 0. The molecule has 5 nitrogen and oxygen atoms in total. The molecular formula is C17H20N4OS. The van der Waals surface area contributed by atoms with Crippen LogP contribution in [0.3, 0.4) is 0 Å². The lowest BCUT2D eigenvalue weighted by molar-refractivity contribution is -0.130. The Hall–Kier alpha value is -1.82. The number of hydrogen-bond acceptors (Lipinski definition) is 5. The fraction of sp³-hybridized carbons (Fsp3) is 0.471. The van der Waals surface area contributed by atoms with Gasteiger partial charge in [-0.1, -0.05) is 24.3 Å². The highest BCUT2D eigenvalue weighted by Gasteiger charge is 2.30. The van der Waals surface area contributed by atoms with Gasteiger partial charge in [0.05, 0.1) is 11.4 Å². The SMILES string of the molecule is O=C([C@H]1CCCS1)N1CCN(c2nncc3ccccc23)CC1. The molecule has 1 aromatic carbocycles. The number of carbonyl (C=O) groups excluding carboxylic acids is 1. The number of piperazine rings is 1. The molecule has 0 N–H and O–H groups in total. The number of amides is 1. The molecule has 2 saturated heterocycles. The number of fused-ring (bicyclic) bond motifs is 1. The van der Waals surface area contributed by atoms with Gasteiger partial charge in [-0.15, -0.1) is 16.9 Å². The van der Waals surface area contributed by atoms with Crippen LogP contribution in [0.25, 0.3) is 10.8 Å². The minimum Gasteiger partial charge on any atom is -0.351 e. The lowest BCUT2D eigenvalue weighted by Gasteiger charge is -2.36. The van der Waals surface area contributed by atoms with E-state index in [2.05, 4.69) is 27.2 Å². The second-order valence-electron chi connectivity index (χ2n) is 6.07. The zero-order valence-corrected chi connectivity index (χ0v) is 13.8. The molecule has 4 rings (SSSR count). The molecule has 0 aliphatic carbocycles. The Kier molecular flexibility index (Phi) is 4.08. The van der Waals surface area contributed by atoms with Gasteiger partial charge in [-0.25, -0.2) is 0 Å². The maximum atomic E-state index is 12.5. The van der Waals surface area contributed by atoms with Crippen LogP contribution in [0.2, 0.25) is 0 Å². The first kappa shape index (κ1) is 14.8. The van der Waals surface area contributed by atoms with Crippen molar-refractivity contribution in [1.29, 1.82) is 0 Å². The average molecular weight is 328 g/mol. The molecule has 1 amide bonds. The van der Waals surface area contributed by atoms with E-state index in [1.54, 1.807) is 6.20 Å². The summed E-state index contributed by atoms with van der Waals surface area (Å²) in [5, 5.41) is 10.9. The fourth-order valence-electron chi connectivity index (χ4n) is 3.36. The van der Waals surface area contributed by atoms with E-state index in [0.29, 0.717) is 5.91 Å². The quantitative estimate of drug-likeness (QED) is 0.846. The maximum absolute atomic E-state index is 12.5. The summed E-state index contributed by atoms with van der Waals surface area (Å²) < 4.78 is 0. The van der Waals surface area contributed by atoms with Gasteiger partial charge in [0.1, 0.15) is 0 Å². The third-order valence-corrected chi connectivity index (χ3v) is 6.01. The Labute approximate surface area is 140 Å². The number of benzene rings is 1. The first-order valence-electron chi connectivity index (χ1n) is 8.19. The van der Waals surface area contributed by atoms with Crippen molar-refractivity contribution < 1.29 is 4.79 Å². The number of thioether (sulfide) groups is 1. The van der Waals surface area contributed by atoms with Gasteiger partial charge in [0.25, 0.3) is 0 Å². The van der Waals surface area contributed by atoms with Crippen molar-refractivity contribution in [2.75, 3.05) is 36.8 Å². The van der Waals surface area contributed by atoms with Gasteiger partial charge in [0.15, 0.2) is 5.82 Å². The molecule has 6 heteroatoms. The van der Waals surface area contributed by atoms with E-state index in [0.717, 1.165) is 54.9 Å². The van der Waals surface area contributed by atoms with Crippen LogP contribution < -0.4 is 4.90 Å². The number of aromatic nitrogens is 2. The molecule has 0 spiro atoms. The molecule has 0 unspecified atom stereocenters. The molecule has 2 aliphatic rings. The molecule has 120 valence electrons. The number of carbonyl (C=O) groups is 1. The van der Waals surface area contributed by atoms with E-state index < -0.39 is 0 Å². The van der Waals surface area contributed by atoms with Crippen LogP contribution in [0.5, 0.6) is 0 Å². The van der Waals surface area contributed by atoms with E-state index in [1.165, 1.54) is 6.42 Å². The standard InChI is InChI=1S/C17H20N4OS/c22-17(15-6-3-11-23-15)21-9-7-20(8-10-21)16-14-5-2-1-4-13(14)12-18-19-16/h1-2,4-5,12,15H,3,6-11H2/t15-/m1/s1. The Bertz CT molecular complexity index is 703. The zero-order valence-electron chi connectivity index (χ0n) is 13.0. The second kappa shape index (κ2) is 6.35. The predicted molar refractivity (Wildman–Crippen MR) is 93.8 cm³/mol. The first-order valence-corrected chi connectivity index (χ1v) is 9.23. The predicted octanol–water partition coefficient (Wildman–Crippen LogP) is 2.17. The molecule has 3 heterocycles. The monoisotopic (exact) mass is 328 g/mol. The second-order valence-corrected chi connectivity index (χ2v) is 7.38. The lowest BCUT2D eigenvalue weighted by Crippen LogP contribution is -2.51. The van der Waals surface area contributed by atoms with Crippen molar-refractivity contribution in [3.63, 3.8) is 0 Å². The molecule has 0 radical (unpaired) electrons. The molecule has 2 aromatic rings. The highest BCUT2D eigenvalue weighted by atomic mass is 32.2. The van der Waals surface area contributed by atoms with Gasteiger partial charge in [0, 0.05) is 37.0 Å². The van der Waals surface area contributed by atoms with Gasteiger partial charge in [0.2, 0.25) is 5.91 Å². The summed E-state index contributed by atoms with van der Waals surface area (Å²) in [6, 6.07) is 8.20. The topological polar surface area (TPSA) is 49.3 Å². The van der Waals surface area contributed by atoms with Gasteiger partial charge < -0.3 is 9.80 Å². The Morgan fingerprint density at radius 3 is 2.78 bits per heavy atom. The molecule has 2 fully saturated rings. The van der Waals surface area contributed by atoms with Gasteiger partial charge in [-0.3, -0.25) is 4.79 Å². The van der Waals surface area contributed by atoms with Crippen LogP contribution >= 0.6 is 11.8 Å². The average Bonchev–Trinajstić information content (AvgIpc) is 3.15. The molecule has 2 aliphatic heterocycles. The van der Waals surface area contributed by atoms with Crippen molar-refractivity contribution in [2.24, 2.45) is 0 Å². The van der Waals surface area contributed by atoms with Gasteiger partial charge in [-0.2, -0.15) is 5.10 Å². The minimum absolute atomic E-state index is 0.193. The van der Waals surface area contributed by atoms with Crippen molar-refractivity contribution >= 4 is 34.3 Å². The van der Waals surface area contributed by atoms with Crippen molar-refractivity contribution in [2.45, 2.75) is 18.1 Å². The highest BCUT2D eigenvalue weighted by Crippen LogP contribution is 2.29. The number of anilines is 1. The van der Waals surface area contributed by atoms with E-state index >= 15 is 0 Å². The Morgan fingerprint density at radius 2 is 2.00 bits per heavy atom. The van der Waals surface area contributed by atoms with Crippen molar-refractivity contribution in [3.05, 3.63) is 30.5 Å². The van der Waals surface area contributed by atoms with Crippen LogP contribution in [0.1, 0.15) is 12.8 Å². The Morgan fingerprint density at radius 1 is 1.17 bits per heavy atom. The van der Waals surface area contributed by atoms with Crippen molar-refractivity contribution in [1.82, 2.24) is 15.1 Å². The van der Waals surface area contributed by atoms with E-state index in [4.69, 9.17) is 0 Å². The molecule has 0 bridgehead atoms. The summed E-state index contributed by atoms with van der Waals surface area (Å²) in [5.41, 5.74) is 0. The van der Waals surface area contributed by atoms with E-state index in [-0.39, 0.29) is 5.25 Å². The van der Waals surface area contributed by atoms with E-state index in [1.807, 2.05) is 28.8 Å². The lowest BCUT2D eigenvalue weighted by atomic mass is 10.1. The minimum atomic E-state index is 0.193. The smallest absolute Gasteiger partial charge is 0.235 e. The van der Waals surface area contributed by atoms with Gasteiger partial charge in [-0.05, 0) is 18.6 Å². The molecule has 0 saturated carbocycles. The summed E-state index contributed by atoms with van der Waals surface area (Å²) in [7, 11) is 0. The fourth-order valence-corrected chi connectivity index (χ4v) is 4.60. The maximum Gasteiger partial charge on any atom is 0.235 e. The van der Waals surface area contributed by atoms with E-state index in [9.17, 15) is 4.79 Å². The zero-order chi connectivity index (χ0) is 15.6. The summed E-state index contributed by atoms with van der Waals surface area (Å²) in [4.78, 5) is 16.8. The summed E-state index contributed by atoms with van der Waals surface area (Å²) in [6.07, 6.45) is 4.01. The van der Waals surface area contributed by atoms with Crippen LogP contribution in [0, 0.1) is 0 Å². The molecular weight excluding hydrogens is 308 g/mol. The number of rotatable bonds is 2. The normalized spacial score (nSPS) is 21.8. The highest BCUT2D eigenvalue weighted by molar-refractivity contribution is 8.00. The van der Waals surface area contributed by atoms with Crippen LogP contribution in [0.4, 0.5) is 5.82 Å². The van der Waals surface area contributed by atoms with Crippen LogP contribution in [0.15, 0.2) is 30.5 Å². The molecule has 1 aromatic heterocycles. The molecule has 1 atom stereocenters. The summed E-state index contributed by atoms with van der Waals surface area (Å²) in [5.74, 6) is 2.39. The first-order chi connectivity index (χ1) is 11.3. The molecule has 23 heavy (non-hydrogen) atoms. The van der Waals surface area contributed by atoms with Crippen LogP contribution in [-0.2, 0) is 4.79 Å². The summed E-state index contributed by atoms with van der Waals surface area (Å²) in [6.45, 7) is 3.21. The third-order valence-electron chi connectivity index (χ3n) is 4.65. The summed E-state index contributed by atoms with van der Waals surface area (Å²) >= 11 is 1.82. The largest absolute Gasteiger partial charge is 0.351 e.